The Morgan fingerprint density at radius 2 is 1.68 bits per heavy atom. The highest BCUT2D eigenvalue weighted by molar-refractivity contribution is 5.94. The summed E-state index contributed by atoms with van der Waals surface area (Å²) in [5.74, 6) is 0.372. The van der Waals surface area contributed by atoms with Crippen molar-refractivity contribution in [3.63, 3.8) is 0 Å². The van der Waals surface area contributed by atoms with E-state index < -0.39 is 0 Å². The summed E-state index contributed by atoms with van der Waals surface area (Å²) in [5.41, 5.74) is 7.98. The second-order valence-corrected chi connectivity index (χ2v) is 7.29. The Kier molecular flexibility index (Phi) is 5.74. The van der Waals surface area contributed by atoms with E-state index in [1.165, 1.54) is 5.56 Å². The fraction of sp³-hybridized carbons (Fsp3) is 0.600. The smallest absolute Gasteiger partial charge is 0.253 e. The van der Waals surface area contributed by atoms with Gasteiger partial charge in [0.15, 0.2) is 0 Å². The van der Waals surface area contributed by atoms with Gasteiger partial charge in [0, 0.05) is 43.7 Å². The summed E-state index contributed by atoms with van der Waals surface area (Å²) >= 11 is 0. The van der Waals surface area contributed by atoms with Crippen molar-refractivity contribution in [2.24, 2.45) is 11.7 Å². The van der Waals surface area contributed by atoms with Crippen LogP contribution in [0.25, 0.3) is 0 Å². The minimum Gasteiger partial charge on any atom is -0.339 e. The SMILES string of the molecule is CCc1ccc(C(=O)N2CCN(C(=O)C3CCCC(N)C3)CC2)cc1. The Morgan fingerprint density at radius 1 is 1.04 bits per heavy atom. The van der Waals surface area contributed by atoms with Crippen LogP contribution in [0.15, 0.2) is 24.3 Å². The molecule has 1 saturated carbocycles. The van der Waals surface area contributed by atoms with E-state index in [1.807, 2.05) is 34.1 Å². The number of piperazine rings is 1. The molecule has 1 saturated heterocycles. The van der Waals surface area contributed by atoms with Crippen molar-refractivity contribution in [1.29, 1.82) is 0 Å². The van der Waals surface area contributed by atoms with Gasteiger partial charge in [-0.05, 0) is 43.4 Å². The number of nitrogens with two attached hydrogens (primary N) is 1. The summed E-state index contributed by atoms with van der Waals surface area (Å²) in [7, 11) is 0. The normalized spacial score (nSPS) is 24.2. The first-order chi connectivity index (χ1) is 12.1. The van der Waals surface area contributed by atoms with Crippen molar-refractivity contribution in [3.05, 3.63) is 35.4 Å². The molecule has 25 heavy (non-hydrogen) atoms. The van der Waals surface area contributed by atoms with Crippen LogP contribution in [0.4, 0.5) is 0 Å². The number of amides is 2. The first-order valence-electron chi connectivity index (χ1n) is 9.51. The van der Waals surface area contributed by atoms with Crippen molar-refractivity contribution in [2.75, 3.05) is 26.2 Å². The summed E-state index contributed by atoms with van der Waals surface area (Å²) in [4.78, 5) is 29.1. The van der Waals surface area contributed by atoms with E-state index in [2.05, 4.69) is 6.92 Å². The maximum absolute atomic E-state index is 12.7. The topological polar surface area (TPSA) is 66.6 Å². The summed E-state index contributed by atoms with van der Waals surface area (Å²) < 4.78 is 0. The van der Waals surface area contributed by atoms with Crippen molar-refractivity contribution in [1.82, 2.24) is 9.80 Å². The highest BCUT2D eigenvalue weighted by Gasteiger charge is 2.31. The molecule has 1 aliphatic carbocycles. The van der Waals surface area contributed by atoms with E-state index in [4.69, 9.17) is 5.73 Å². The summed E-state index contributed by atoms with van der Waals surface area (Å²) in [5, 5.41) is 0. The molecule has 5 nitrogen and oxygen atoms in total. The predicted molar refractivity (Wildman–Crippen MR) is 98.2 cm³/mol. The molecule has 0 bridgehead atoms. The van der Waals surface area contributed by atoms with E-state index in [1.54, 1.807) is 0 Å². The molecular weight excluding hydrogens is 314 g/mol. The summed E-state index contributed by atoms with van der Waals surface area (Å²) in [6.45, 7) is 4.58. The lowest BCUT2D eigenvalue weighted by Crippen LogP contribution is -2.52. The van der Waals surface area contributed by atoms with E-state index in [9.17, 15) is 9.59 Å². The van der Waals surface area contributed by atoms with Crippen LogP contribution in [0, 0.1) is 5.92 Å². The lowest BCUT2D eigenvalue weighted by molar-refractivity contribution is -0.138. The van der Waals surface area contributed by atoms with Gasteiger partial charge in [0.25, 0.3) is 5.91 Å². The zero-order chi connectivity index (χ0) is 17.8. The third-order valence-corrected chi connectivity index (χ3v) is 5.55. The number of nitrogens with zero attached hydrogens (tertiary/aromatic N) is 2. The molecule has 1 heterocycles. The average molecular weight is 343 g/mol. The standard InChI is InChI=1S/C20H29N3O2/c1-2-15-6-8-16(9-7-15)19(24)22-10-12-23(13-11-22)20(25)17-4-3-5-18(21)14-17/h6-9,17-18H,2-5,10-14,21H2,1H3. The van der Waals surface area contributed by atoms with Gasteiger partial charge >= 0.3 is 0 Å². The molecular formula is C20H29N3O2. The molecule has 2 N–H and O–H groups in total. The number of carbonyl (C=O) groups excluding carboxylic acids is 2. The van der Waals surface area contributed by atoms with Gasteiger partial charge < -0.3 is 15.5 Å². The van der Waals surface area contributed by atoms with Gasteiger partial charge in [0.2, 0.25) is 5.91 Å². The molecule has 2 fully saturated rings. The number of hydrogen-bond acceptors (Lipinski definition) is 3. The van der Waals surface area contributed by atoms with Gasteiger partial charge in [0.1, 0.15) is 0 Å². The monoisotopic (exact) mass is 343 g/mol. The molecule has 5 heteroatoms. The van der Waals surface area contributed by atoms with E-state index in [0.29, 0.717) is 26.2 Å². The van der Waals surface area contributed by atoms with Crippen molar-refractivity contribution < 1.29 is 9.59 Å². The van der Waals surface area contributed by atoms with Gasteiger partial charge in [-0.25, -0.2) is 0 Å². The second kappa shape index (κ2) is 8.00. The molecule has 2 atom stereocenters. The Morgan fingerprint density at radius 3 is 2.28 bits per heavy atom. The average Bonchev–Trinajstić information content (AvgIpc) is 2.67. The second-order valence-electron chi connectivity index (χ2n) is 7.29. The predicted octanol–water partition coefficient (Wildman–Crippen LogP) is 2.05. The Labute approximate surface area is 150 Å². The van der Waals surface area contributed by atoms with Crippen LogP contribution in [0.3, 0.4) is 0 Å². The molecule has 1 aromatic carbocycles. The third kappa shape index (κ3) is 4.21. The molecule has 2 unspecified atom stereocenters. The van der Waals surface area contributed by atoms with Crippen LogP contribution >= 0.6 is 0 Å². The minimum atomic E-state index is 0.0643. The summed E-state index contributed by atoms with van der Waals surface area (Å²) in [6.07, 6.45) is 4.81. The van der Waals surface area contributed by atoms with E-state index in [0.717, 1.165) is 37.7 Å². The lowest BCUT2D eigenvalue weighted by atomic mass is 9.85. The molecule has 1 aliphatic heterocycles. The van der Waals surface area contributed by atoms with Crippen LogP contribution in [-0.4, -0.2) is 53.8 Å². The van der Waals surface area contributed by atoms with Crippen molar-refractivity contribution >= 4 is 11.8 Å². The first-order valence-corrected chi connectivity index (χ1v) is 9.51. The number of aryl methyl sites for hydroxylation is 1. The zero-order valence-electron chi connectivity index (χ0n) is 15.1. The molecule has 2 aliphatic rings. The highest BCUT2D eigenvalue weighted by atomic mass is 16.2. The largest absolute Gasteiger partial charge is 0.339 e. The lowest BCUT2D eigenvalue weighted by Gasteiger charge is -2.37. The molecule has 1 aromatic rings. The molecule has 0 spiro atoms. The molecule has 3 rings (SSSR count). The van der Waals surface area contributed by atoms with Crippen molar-refractivity contribution in [3.8, 4) is 0 Å². The van der Waals surface area contributed by atoms with Crippen LogP contribution in [0.2, 0.25) is 0 Å². The van der Waals surface area contributed by atoms with E-state index >= 15 is 0 Å². The van der Waals surface area contributed by atoms with Gasteiger partial charge in [-0.15, -0.1) is 0 Å². The number of carbonyl (C=O) groups is 2. The third-order valence-electron chi connectivity index (χ3n) is 5.55. The maximum atomic E-state index is 12.7. The zero-order valence-corrected chi connectivity index (χ0v) is 15.1. The number of hydrogen-bond donors (Lipinski definition) is 1. The first kappa shape index (κ1) is 17.9. The molecule has 2 amide bonds. The molecule has 0 radical (unpaired) electrons. The summed E-state index contributed by atoms with van der Waals surface area (Å²) in [6, 6.07) is 8.00. The maximum Gasteiger partial charge on any atom is 0.253 e. The molecule has 136 valence electrons. The fourth-order valence-corrected chi connectivity index (χ4v) is 3.91. The van der Waals surface area contributed by atoms with Crippen LogP contribution in [-0.2, 0) is 11.2 Å². The van der Waals surface area contributed by atoms with Gasteiger partial charge in [0.05, 0.1) is 0 Å². The van der Waals surface area contributed by atoms with Gasteiger partial charge in [-0.1, -0.05) is 25.5 Å². The van der Waals surface area contributed by atoms with Crippen LogP contribution in [0.5, 0.6) is 0 Å². The Hall–Kier alpha value is -1.88. The minimum absolute atomic E-state index is 0.0643. The van der Waals surface area contributed by atoms with Gasteiger partial charge in [-0.2, -0.15) is 0 Å². The quantitative estimate of drug-likeness (QED) is 0.913. The number of benzene rings is 1. The Balaban J connectivity index is 1.54. The number of rotatable bonds is 3. The fourth-order valence-electron chi connectivity index (χ4n) is 3.91. The molecule has 0 aromatic heterocycles. The van der Waals surface area contributed by atoms with Gasteiger partial charge in [-0.3, -0.25) is 9.59 Å². The highest BCUT2D eigenvalue weighted by Crippen LogP contribution is 2.25. The van der Waals surface area contributed by atoms with Crippen LogP contribution in [0.1, 0.15) is 48.5 Å². The van der Waals surface area contributed by atoms with E-state index in [-0.39, 0.29) is 23.8 Å². The van der Waals surface area contributed by atoms with Crippen LogP contribution < -0.4 is 5.73 Å². The van der Waals surface area contributed by atoms with Crippen molar-refractivity contribution in [2.45, 2.75) is 45.1 Å². The Bertz CT molecular complexity index is 606.